The van der Waals surface area contributed by atoms with Crippen LogP contribution in [-0.2, 0) is 27.8 Å². The third-order valence-corrected chi connectivity index (χ3v) is 8.55. The van der Waals surface area contributed by atoms with Crippen LogP contribution >= 0.6 is 0 Å². The maximum absolute atomic E-state index is 14.3. The van der Waals surface area contributed by atoms with E-state index in [1.165, 1.54) is 4.31 Å². The van der Waals surface area contributed by atoms with Crippen molar-refractivity contribution in [3.05, 3.63) is 95.9 Å². The van der Waals surface area contributed by atoms with Gasteiger partial charge in [-0.25, -0.2) is 13.4 Å². The number of hydrogen-bond donors (Lipinski definition) is 0. The Labute approximate surface area is 224 Å². The van der Waals surface area contributed by atoms with Crippen LogP contribution in [0.2, 0.25) is 0 Å². The highest BCUT2D eigenvalue weighted by Gasteiger charge is 2.38. The van der Waals surface area contributed by atoms with Crippen molar-refractivity contribution < 1.29 is 22.6 Å². The van der Waals surface area contributed by atoms with Gasteiger partial charge >= 0.3 is 0 Å². The average Bonchev–Trinajstić information content (AvgIpc) is 3.36. The molecule has 0 saturated carbocycles. The lowest BCUT2D eigenvalue weighted by Crippen LogP contribution is -2.40. The zero-order valence-corrected chi connectivity index (χ0v) is 23.3. The number of benzene rings is 2. The molecule has 8 nitrogen and oxygen atoms in total. The van der Waals surface area contributed by atoms with Crippen LogP contribution in [0.1, 0.15) is 43.7 Å². The Bertz CT molecular complexity index is 1350. The SMILES string of the molecule is COc1ccc(CN(Cc2ccc(OC)cc2)S(=O)(=O)[C@@H](C)[C@@H](OC(C)C)c2cn3ccccc3n2)cc1. The molecule has 0 amide bonds. The van der Waals surface area contributed by atoms with Gasteiger partial charge in [-0.2, -0.15) is 4.31 Å². The lowest BCUT2D eigenvalue weighted by molar-refractivity contribution is 0.00346. The summed E-state index contributed by atoms with van der Waals surface area (Å²) < 4.78 is 48.6. The second kappa shape index (κ2) is 12.0. The molecule has 38 heavy (non-hydrogen) atoms. The summed E-state index contributed by atoms with van der Waals surface area (Å²) in [6, 6.07) is 20.5. The molecule has 9 heteroatoms. The van der Waals surface area contributed by atoms with Crippen LogP contribution in [0.25, 0.3) is 5.65 Å². The highest BCUT2D eigenvalue weighted by atomic mass is 32.2. The van der Waals surface area contributed by atoms with Crippen LogP contribution in [0.15, 0.2) is 79.1 Å². The maximum atomic E-state index is 14.3. The molecule has 2 aromatic heterocycles. The summed E-state index contributed by atoms with van der Waals surface area (Å²) >= 11 is 0. The van der Waals surface area contributed by atoms with Gasteiger partial charge < -0.3 is 18.6 Å². The van der Waals surface area contributed by atoms with Crippen LogP contribution in [0.5, 0.6) is 11.5 Å². The number of methoxy groups -OCH3 is 2. The minimum atomic E-state index is -3.86. The fourth-order valence-corrected chi connectivity index (χ4v) is 5.95. The summed E-state index contributed by atoms with van der Waals surface area (Å²) in [6.07, 6.45) is 2.77. The largest absolute Gasteiger partial charge is 0.497 e. The first kappa shape index (κ1) is 27.6. The number of nitrogens with zero attached hydrogens (tertiary/aromatic N) is 3. The number of sulfonamides is 1. The van der Waals surface area contributed by atoms with Gasteiger partial charge in [-0.3, -0.25) is 0 Å². The molecule has 0 radical (unpaired) electrons. The summed E-state index contributed by atoms with van der Waals surface area (Å²) in [5.41, 5.74) is 3.01. The molecule has 0 aliphatic rings. The minimum Gasteiger partial charge on any atom is -0.497 e. The van der Waals surface area contributed by atoms with E-state index in [-0.39, 0.29) is 19.2 Å². The Kier molecular flexibility index (Phi) is 8.71. The first-order valence-corrected chi connectivity index (χ1v) is 14.1. The molecule has 4 rings (SSSR count). The Morgan fingerprint density at radius 2 is 1.39 bits per heavy atom. The van der Waals surface area contributed by atoms with Crippen molar-refractivity contribution in [1.29, 1.82) is 0 Å². The van der Waals surface area contributed by atoms with Crippen LogP contribution in [-0.4, -0.2) is 47.7 Å². The monoisotopic (exact) mass is 537 g/mol. The van der Waals surface area contributed by atoms with Gasteiger partial charge in [0.05, 0.1) is 26.0 Å². The summed E-state index contributed by atoms with van der Waals surface area (Å²) in [5.74, 6) is 1.42. The second-order valence-corrected chi connectivity index (χ2v) is 11.7. The second-order valence-electron chi connectivity index (χ2n) is 9.45. The lowest BCUT2D eigenvalue weighted by atomic mass is 10.2. The van der Waals surface area contributed by atoms with Crippen LogP contribution in [0, 0.1) is 0 Å². The Morgan fingerprint density at radius 1 is 0.842 bits per heavy atom. The topological polar surface area (TPSA) is 82.4 Å². The standard InChI is InChI=1S/C29H35N3O5S/c1-21(2)37-29(27-20-31-17-7-6-8-28(31)30-27)22(3)38(33,34)32(18-23-9-13-25(35-4)14-10-23)19-24-11-15-26(36-5)16-12-24/h6-17,20-22,29H,18-19H2,1-5H3/t22-,29+/m0/s1. The van der Waals surface area contributed by atoms with Crippen LogP contribution < -0.4 is 9.47 Å². The van der Waals surface area contributed by atoms with Gasteiger partial charge in [0.15, 0.2) is 0 Å². The van der Waals surface area contributed by atoms with Crippen molar-refractivity contribution in [2.24, 2.45) is 0 Å². The molecule has 2 heterocycles. The molecule has 0 fully saturated rings. The lowest BCUT2D eigenvalue weighted by Gasteiger charge is -2.31. The van der Waals surface area contributed by atoms with Crippen molar-refractivity contribution in [2.45, 2.75) is 51.3 Å². The molecule has 2 atom stereocenters. The Hall–Kier alpha value is -3.40. The quantitative estimate of drug-likeness (QED) is 0.246. The summed E-state index contributed by atoms with van der Waals surface area (Å²) in [5, 5.41) is -0.897. The fourth-order valence-electron chi connectivity index (χ4n) is 4.30. The fraction of sp³-hybridized carbons (Fsp3) is 0.345. The zero-order valence-electron chi connectivity index (χ0n) is 22.4. The molecule has 0 spiro atoms. The molecule has 0 N–H and O–H groups in total. The molecule has 0 aliphatic carbocycles. The van der Waals surface area contributed by atoms with Crippen molar-refractivity contribution in [1.82, 2.24) is 13.7 Å². The van der Waals surface area contributed by atoms with Gasteiger partial charge in [0, 0.05) is 25.5 Å². The van der Waals surface area contributed by atoms with E-state index in [0.29, 0.717) is 17.2 Å². The number of ether oxygens (including phenoxy) is 3. The molecular weight excluding hydrogens is 502 g/mol. The number of fused-ring (bicyclic) bond motifs is 1. The van der Waals surface area contributed by atoms with E-state index >= 15 is 0 Å². The number of pyridine rings is 1. The van der Waals surface area contributed by atoms with Gasteiger partial charge in [-0.05, 0) is 68.3 Å². The molecule has 2 aromatic carbocycles. The van der Waals surface area contributed by atoms with Gasteiger partial charge in [0.1, 0.15) is 28.5 Å². The minimum absolute atomic E-state index is 0.195. The molecule has 0 bridgehead atoms. The normalized spacial score (nSPS) is 13.7. The van der Waals surface area contributed by atoms with E-state index in [4.69, 9.17) is 19.2 Å². The third-order valence-electron chi connectivity index (χ3n) is 6.38. The molecule has 202 valence electrons. The van der Waals surface area contributed by atoms with Crippen LogP contribution in [0.3, 0.4) is 0 Å². The zero-order chi connectivity index (χ0) is 27.3. The van der Waals surface area contributed by atoms with Crippen molar-refractivity contribution in [2.75, 3.05) is 14.2 Å². The number of rotatable bonds is 12. The summed E-state index contributed by atoms with van der Waals surface area (Å²) in [7, 11) is -0.658. The number of hydrogen-bond acceptors (Lipinski definition) is 6. The summed E-state index contributed by atoms with van der Waals surface area (Å²) in [4.78, 5) is 4.69. The number of imidazole rings is 1. The van der Waals surface area contributed by atoms with Gasteiger partial charge in [0.25, 0.3) is 0 Å². The van der Waals surface area contributed by atoms with Crippen LogP contribution in [0.4, 0.5) is 0 Å². The smallest absolute Gasteiger partial charge is 0.220 e. The van der Waals surface area contributed by atoms with Crippen molar-refractivity contribution in [3.8, 4) is 11.5 Å². The van der Waals surface area contributed by atoms with Crippen molar-refractivity contribution >= 4 is 15.7 Å². The van der Waals surface area contributed by atoms with Gasteiger partial charge in [-0.15, -0.1) is 0 Å². The van der Waals surface area contributed by atoms with E-state index < -0.39 is 21.4 Å². The molecule has 0 unspecified atom stereocenters. The third kappa shape index (κ3) is 6.35. The number of aromatic nitrogens is 2. The molecule has 0 saturated heterocycles. The van der Waals surface area contributed by atoms with Gasteiger partial charge in [-0.1, -0.05) is 30.3 Å². The van der Waals surface area contributed by atoms with Gasteiger partial charge in [0.2, 0.25) is 10.0 Å². The Balaban J connectivity index is 1.70. The molecular formula is C29H35N3O5S. The Morgan fingerprint density at radius 3 is 1.87 bits per heavy atom. The van der Waals surface area contributed by atoms with Crippen molar-refractivity contribution in [3.63, 3.8) is 0 Å². The predicted molar refractivity (Wildman–Crippen MR) is 148 cm³/mol. The highest BCUT2D eigenvalue weighted by Crippen LogP contribution is 2.31. The first-order chi connectivity index (χ1) is 18.2. The van der Waals surface area contributed by atoms with E-state index in [9.17, 15) is 8.42 Å². The molecule has 4 aromatic rings. The highest BCUT2D eigenvalue weighted by molar-refractivity contribution is 7.89. The molecule has 0 aliphatic heterocycles. The van der Waals surface area contributed by atoms with E-state index in [1.807, 2.05) is 97.4 Å². The first-order valence-electron chi connectivity index (χ1n) is 12.5. The predicted octanol–water partition coefficient (Wildman–Crippen LogP) is 5.24. The van der Waals surface area contributed by atoms with E-state index in [0.717, 1.165) is 16.8 Å². The van der Waals surface area contributed by atoms with E-state index in [1.54, 1.807) is 21.1 Å². The maximum Gasteiger partial charge on any atom is 0.220 e. The summed E-state index contributed by atoms with van der Waals surface area (Å²) in [6.45, 7) is 5.88. The van der Waals surface area contributed by atoms with E-state index in [2.05, 4.69) is 0 Å². The average molecular weight is 538 g/mol.